The number of amides is 2. The highest BCUT2D eigenvalue weighted by molar-refractivity contribution is 5.94. The third kappa shape index (κ3) is 5.04. The first-order chi connectivity index (χ1) is 15.1. The van der Waals surface area contributed by atoms with Crippen molar-refractivity contribution in [3.05, 3.63) is 77.6 Å². The van der Waals surface area contributed by atoms with E-state index >= 15 is 0 Å². The van der Waals surface area contributed by atoms with Gasteiger partial charge in [0.25, 0.3) is 5.91 Å². The second kappa shape index (κ2) is 9.90. The zero-order valence-corrected chi connectivity index (χ0v) is 18.2. The van der Waals surface area contributed by atoms with Crippen molar-refractivity contribution < 1.29 is 9.59 Å². The molecule has 0 spiro atoms. The summed E-state index contributed by atoms with van der Waals surface area (Å²) < 4.78 is 0. The van der Waals surface area contributed by atoms with Crippen LogP contribution in [-0.2, 0) is 11.2 Å². The number of aromatic nitrogens is 1. The number of rotatable bonds is 6. The van der Waals surface area contributed by atoms with Crippen LogP contribution in [0.25, 0.3) is 0 Å². The minimum atomic E-state index is -0.0452. The highest BCUT2D eigenvalue weighted by Gasteiger charge is 2.34. The molecule has 1 aliphatic heterocycles. The number of hydrogen-bond acceptors (Lipinski definition) is 3. The van der Waals surface area contributed by atoms with Crippen LogP contribution in [0.1, 0.15) is 48.2 Å². The van der Waals surface area contributed by atoms with E-state index in [-0.39, 0.29) is 17.9 Å². The number of likely N-dealkylation sites (tertiary alicyclic amines) is 1. The van der Waals surface area contributed by atoms with E-state index < -0.39 is 0 Å². The Labute approximate surface area is 184 Å². The van der Waals surface area contributed by atoms with E-state index in [2.05, 4.69) is 23.2 Å². The summed E-state index contributed by atoms with van der Waals surface area (Å²) in [7, 11) is 1.89. The van der Waals surface area contributed by atoms with Crippen LogP contribution in [0.15, 0.2) is 66.4 Å². The van der Waals surface area contributed by atoms with Crippen molar-refractivity contribution in [3.8, 4) is 0 Å². The number of piperidine rings is 1. The van der Waals surface area contributed by atoms with Gasteiger partial charge in [-0.05, 0) is 62.1 Å². The van der Waals surface area contributed by atoms with Gasteiger partial charge in [-0.3, -0.25) is 14.6 Å². The number of pyridine rings is 1. The lowest BCUT2D eigenvalue weighted by Crippen LogP contribution is -2.48. The van der Waals surface area contributed by atoms with Gasteiger partial charge in [-0.2, -0.15) is 0 Å². The topological polar surface area (TPSA) is 53.5 Å². The minimum absolute atomic E-state index is 0.0452. The minimum Gasteiger partial charge on any atom is -0.339 e. The molecule has 1 aromatic heterocycles. The number of benzene rings is 1. The molecule has 31 heavy (non-hydrogen) atoms. The van der Waals surface area contributed by atoms with Crippen molar-refractivity contribution in [1.29, 1.82) is 0 Å². The van der Waals surface area contributed by atoms with Crippen LogP contribution in [0.2, 0.25) is 0 Å². The number of hydrogen-bond donors (Lipinski definition) is 0. The standard InChI is InChI=1S/C26H31N3O2/c1-28(26(31)23-13-7-8-16-27-23)24(19-20-9-3-2-4-10-20)21-14-17-29(18-15-21)25(30)22-11-5-6-12-22/h2-4,7-11,13,16,21,24H,5-6,12,14-15,17-19H2,1H3. The highest BCUT2D eigenvalue weighted by atomic mass is 16.2. The van der Waals surface area contributed by atoms with Gasteiger partial charge in [0.2, 0.25) is 5.91 Å². The van der Waals surface area contributed by atoms with E-state index in [0.717, 1.165) is 57.2 Å². The fourth-order valence-corrected chi connectivity index (χ4v) is 4.85. The molecule has 0 radical (unpaired) electrons. The molecule has 2 aromatic rings. The molecule has 2 amide bonds. The molecule has 5 heteroatoms. The fraction of sp³-hybridized carbons (Fsp3) is 0.423. The van der Waals surface area contributed by atoms with Crippen LogP contribution >= 0.6 is 0 Å². The normalized spacial score (nSPS) is 17.8. The quantitative estimate of drug-likeness (QED) is 0.711. The summed E-state index contributed by atoms with van der Waals surface area (Å²) in [4.78, 5) is 34.1. The molecular weight excluding hydrogens is 386 g/mol. The molecule has 2 heterocycles. The zero-order chi connectivity index (χ0) is 21.6. The summed E-state index contributed by atoms with van der Waals surface area (Å²) in [6.45, 7) is 1.52. The maximum Gasteiger partial charge on any atom is 0.272 e. The van der Waals surface area contributed by atoms with Gasteiger partial charge < -0.3 is 9.80 Å². The SMILES string of the molecule is CN(C(=O)c1ccccn1)C(Cc1ccccc1)C1CCN(C(=O)C2=CCCC2)CC1. The molecule has 5 nitrogen and oxygen atoms in total. The molecule has 1 aromatic carbocycles. The van der Waals surface area contributed by atoms with Crippen LogP contribution in [0.5, 0.6) is 0 Å². The molecule has 0 bridgehead atoms. The third-order valence-corrected chi connectivity index (χ3v) is 6.68. The fourth-order valence-electron chi connectivity index (χ4n) is 4.85. The Hall–Kier alpha value is -2.95. The van der Waals surface area contributed by atoms with Gasteiger partial charge >= 0.3 is 0 Å². The molecule has 2 aliphatic rings. The Balaban J connectivity index is 1.48. The first-order valence-corrected chi connectivity index (χ1v) is 11.3. The van der Waals surface area contributed by atoms with Crippen molar-refractivity contribution in [2.75, 3.05) is 20.1 Å². The molecule has 0 saturated carbocycles. The van der Waals surface area contributed by atoms with Crippen LogP contribution in [0.4, 0.5) is 0 Å². The lowest BCUT2D eigenvalue weighted by atomic mass is 9.84. The summed E-state index contributed by atoms with van der Waals surface area (Å²) >= 11 is 0. The van der Waals surface area contributed by atoms with Crippen LogP contribution < -0.4 is 0 Å². The highest BCUT2D eigenvalue weighted by Crippen LogP contribution is 2.29. The summed E-state index contributed by atoms with van der Waals surface area (Å²) in [5.41, 5.74) is 2.69. The lowest BCUT2D eigenvalue weighted by Gasteiger charge is -2.40. The Bertz CT molecular complexity index is 918. The van der Waals surface area contributed by atoms with Gasteiger partial charge in [0.1, 0.15) is 5.69 Å². The second-order valence-electron chi connectivity index (χ2n) is 8.64. The Morgan fingerprint density at radius 1 is 1.10 bits per heavy atom. The summed E-state index contributed by atoms with van der Waals surface area (Å²) in [6, 6.07) is 15.9. The van der Waals surface area contributed by atoms with Crippen molar-refractivity contribution in [2.45, 2.75) is 44.6 Å². The maximum absolute atomic E-state index is 13.2. The van der Waals surface area contributed by atoms with Crippen molar-refractivity contribution in [1.82, 2.24) is 14.8 Å². The van der Waals surface area contributed by atoms with E-state index in [1.165, 1.54) is 5.56 Å². The maximum atomic E-state index is 13.2. The van der Waals surface area contributed by atoms with Gasteiger partial charge in [-0.25, -0.2) is 0 Å². The monoisotopic (exact) mass is 417 g/mol. The molecule has 1 unspecified atom stereocenters. The van der Waals surface area contributed by atoms with Gasteiger partial charge in [-0.1, -0.05) is 42.5 Å². The second-order valence-corrected chi connectivity index (χ2v) is 8.64. The van der Waals surface area contributed by atoms with E-state index in [1.54, 1.807) is 12.3 Å². The van der Waals surface area contributed by atoms with Crippen molar-refractivity contribution in [2.24, 2.45) is 5.92 Å². The first-order valence-electron chi connectivity index (χ1n) is 11.3. The molecular formula is C26H31N3O2. The molecule has 0 N–H and O–H groups in total. The predicted molar refractivity (Wildman–Crippen MR) is 122 cm³/mol. The molecule has 1 atom stereocenters. The Kier molecular flexibility index (Phi) is 6.80. The first kappa shape index (κ1) is 21.3. The van der Waals surface area contributed by atoms with Crippen molar-refractivity contribution in [3.63, 3.8) is 0 Å². The van der Waals surface area contributed by atoms with Crippen LogP contribution in [0.3, 0.4) is 0 Å². The summed E-state index contributed by atoms with van der Waals surface area (Å²) in [5, 5.41) is 0. The van der Waals surface area contributed by atoms with E-state index in [1.807, 2.05) is 47.2 Å². The summed E-state index contributed by atoms with van der Waals surface area (Å²) in [5.74, 6) is 0.518. The molecule has 1 aliphatic carbocycles. The summed E-state index contributed by atoms with van der Waals surface area (Å²) in [6.07, 6.45) is 9.43. The van der Waals surface area contributed by atoms with Crippen LogP contribution in [0, 0.1) is 5.92 Å². The average molecular weight is 418 g/mol. The smallest absolute Gasteiger partial charge is 0.272 e. The predicted octanol–water partition coefficient (Wildman–Crippen LogP) is 4.11. The number of allylic oxidation sites excluding steroid dienone is 1. The number of carbonyl (C=O) groups is 2. The Morgan fingerprint density at radius 2 is 1.84 bits per heavy atom. The van der Waals surface area contributed by atoms with E-state index in [4.69, 9.17) is 0 Å². The average Bonchev–Trinajstić information content (AvgIpc) is 3.38. The van der Waals surface area contributed by atoms with E-state index in [0.29, 0.717) is 11.6 Å². The van der Waals surface area contributed by atoms with Gasteiger partial charge in [0.15, 0.2) is 0 Å². The third-order valence-electron chi connectivity index (χ3n) is 6.68. The largest absolute Gasteiger partial charge is 0.339 e. The van der Waals surface area contributed by atoms with Crippen molar-refractivity contribution >= 4 is 11.8 Å². The zero-order valence-electron chi connectivity index (χ0n) is 18.2. The molecule has 4 rings (SSSR count). The molecule has 1 saturated heterocycles. The number of nitrogens with zero attached hydrogens (tertiary/aromatic N) is 3. The Morgan fingerprint density at radius 3 is 2.48 bits per heavy atom. The van der Waals surface area contributed by atoms with Gasteiger partial charge in [0, 0.05) is 37.9 Å². The number of carbonyl (C=O) groups excluding carboxylic acids is 2. The lowest BCUT2D eigenvalue weighted by molar-refractivity contribution is -0.128. The van der Waals surface area contributed by atoms with Gasteiger partial charge in [0.05, 0.1) is 0 Å². The van der Waals surface area contributed by atoms with Gasteiger partial charge in [-0.15, -0.1) is 0 Å². The molecule has 162 valence electrons. The molecule has 1 fully saturated rings. The van der Waals surface area contributed by atoms with Crippen LogP contribution in [-0.4, -0.2) is 52.8 Å². The number of likely N-dealkylation sites (N-methyl/N-ethyl adjacent to an activating group) is 1. The van der Waals surface area contributed by atoms with E-state index in [9.17, 15) is 9.59 Å².